The Morgan fingerprint density at radius 1 is 1.08 bits per heavy atom. The third-order valence-electron chi connectivity index (χ3n) is 7.27. The number of aromatic amines is 1. The summed E-state index contributed by atoms with van der Waals surface area (Å²) in [6.07, 6.45) is 4.90. The maximum absolute atomic E-state index is 13.9. The van der Waals surface area contributed by atoms with Crippen LogP contribution >= 0.6 is 0 Å². The van der Waals surface area contributed by atoms with Gasteiger partial charge in [-0.2, -0.15) is 0 Å². The summed E-state index contributed by atoms with van der Waals surface area (Å²) in [7, 11) is 2.15. The van der Waals surface area contributed by atoms with Crippen molar-refractivity contribution in [2.75, 3.05) is 43.5 Å². The molecule has 6 nitrogen and oxygen atoms in total. The van der Waals surface area contributed by atoms with Gasteiger partial charge in [-0.25, -0.2) is 0 Å². The number of para-hydroxylation sites is 2. The van der Waals surface area contributed by atoms with E-state index >= 15 is 0 Å². The lowest BCUT2D eigenvalue weighted by Crippen LogP contribution is -2.32. The number of hydrogen-bond donors (Lipinski definition) is 2. The second-order valence-corrected chi connectivity index (χ2v) is 10.3. The van der Waals surface area contributed by atoms with E-state index in [0.717, 1.165) is 71.5 Å². The Balaban J connectivity index is 1.45. The van der Waals surface area contributed by atoms with Crippen LogP contribution in [0.1, 0.15) is 43.5 Å². The zero-order chi connectivity index (χ0) is 26.5. The lowest BCUT2D eigenvalue weighted by atomic mass is 10.0. The number of rotatable bonds is 9. The molecule has 0 saturated heterocycles. The van der Waals surface area contributed by atoms with Crippen molar-refractivity contribution >= 4 is 28.2 Å². The summed E-state index contributed by atoms with van der Waals surface area (Å²) >= 11 is 0. The van der Waals surface area contributed by atoms with Gasteiger partial charge in [-0.05, 0) is 99.3 Å². The zero-order valence-corrected chi connectivity index (χ0v) is 22.7. The Kier molecular flexibility index (Phi) is 7.99. The summed E-state index contributed by atoms with van der Waals surface area (Å²) in [5.41, 5.74) is 5.73. The summed E-state index contributed by atoms with van der Waals surface area (Å²) in [6, 6.07) is 22.7. The van der Waals surface area contributed by atoms with Crippen molar-refractivity contribution < 1.29 is 9.53 Å². The van der Waals surface area contributed by atoms with Crippen LogP contribution < -0.4 is 15.0 Å². The largest absolute Gasteiger partial charge is 0.493 e. The van der Waals surface area contributed by atoms with Crippen molar-refractivity contribution in [2.45, 2.75) is 39.2 Å². The standard InChI is InChI=1S/C32H38N4O2/c1-4-17-35(3)18-7-20-38-31-22-26(10-12-27(31)24-11-13-28-25(21-24)14-16-33-28)32(37)36-19-15-23(2)34-29-8-5-6-9-30(29)36/h5-6,8-14,16,21-23,33-34H,4,7,15,17-20H2,1-3H3/t23-/m0/s1. The summed E-state index contributed by atoms with van der Waals surface area (Å²) in [5, 5.41) is 4.69. The van der Waals surface area contributed by atoms with Gasteiger partial charge in [0.2, 0.25) is 0 Å². The summed E-state index contributed by atoms with van der Waals surface area (Å²) in [4.78, 5) is 21.4. The number of anilines is 2. The summed E-state index contributed by atoms with van der Waals surface area (Å²) in [6.45, 7) is 7.67. The number of ether oxygens (including phenoxy) is 1. The fraction of sp³-hybridized carbons (Fsp3) is 0.344. The molecule has 0 aliphatic carbocycles. The molecule has 3 aromatic carbocycles. The Morgan fingerprint density at radius 2 is 1.95 bits per heavy atom. The fourth-order valence-electron chi connectivity index (χ4n) is 5.22. The molecule has 1 aliphatic heterocycles. The number of nitrogens with one attached hydrogen (secondary N) is 2. The average Bonchev–Trinajstić information content (AvgIpc) is 3.33. The molecule has 2 heterocycles. The highest BCUT2D eigenvalue weighted by molar-refractivity contribution is 6.08. The van der Waals surface area contributed by atoms with E-state index in [0.29, 0.717) is 24.8 Å². The van der Waals surface area contributed by atoms with E-state index in [2.05, 4.69) is 60.4 Å². The van der Waals surface area contributed by atoms with E-state index in [-0.39, 0.29) is 5.91 Å². The molecule has 0 unspecified atom stereocenters. The van der Waals surface area contributed by atoms with Gasteiger partial charge in [-0.15, -0.1) is 0 Å². The monoisotopic (exact) mass is 510 g/mol. The quantitative estimate of drug-likeness (QED) is 0.243. The van der Waals surface area contributed by atoms with Crippen LogP contribution in [-0.4, -0.2) is 55.1 Å². The molecular formula is C32H38N4O2. The molecule has 2 N–H and O–H groups in total. The second-order valence-electron chi connectivity index (χ2n) is 10.3. The van der Waals surface area contributed by atoms with Crippen LogP contribution in [0.15, 0.2) is 72.9 Å². The van der Waals surface area contributed by atoms with Crippen LogP contribution in [0.3, 0.4) is 0 Å². The van der Waals surface area contributed by atoms with Gasteiger partial charge in [-0.1, -0.05) is 25.1 Å². The van der Waals surface area contributed by atoms with Gasteiger partial charge in [-0.3, -0.25) is 4.79 Å². The molecule has 198 valence electrons. The third kappa shape index (κ3) is 5.70. The highest BCUT2D eigenvalue weighted by atomic mass is 16.5. The van der Waals surface area contributed by atoms with Crippen LogP contribution in [0.25, 0.3) is 22.0 Å². The highest BCUT2D eigenvalue weighted by Crippen LogP contribution is 2.35. The van der Waals surface area contributed by atoms with Crippen molar-refractivity contribution in [3.8, 4) is 16.9 Å². The van der Waals surface area contributed by atoms with Crippen molar-refractivity contribution in [3.05, 3.63) is 78.5 Å². The SMILES string of the molecule is CCCN(C)CCCOc1cc(C(=O)N2CC[C@H](C)Nc3ccccc32)ccc1-c1ccc2[nH]ccc2c1. The first-order valence-corrected chi connectivity index (χ1v) is 13.7. The third-order valence-corrected chi connectivity index (χ3v) is 7.27. The van der Waals surface area contributed by atoms with Gasteiger partial charge in [0.1, 0.15) is 5.75 Å². The molecule has 1 aliphatic rings. The van der Waals surface area contributed by atoms with Gasteiger partial charge >= 0.3 is 0 Å². The Bertz CT molecular complexity index is 1400. The van der Waals surface area contributed by atoms with Crippen LogP contribution in [0, 0.1) is 0 Å². The number of aromatic nitrogens is 1. The molecule has 0 fully saturated rings. The average molecular weight is 511 g/mol. The van der Waals surface area contributed by atoms with Gasteiger partial charge in [0.25, 0.3) is 5.91 Å². The molecular weight excluding hydrogens is 472 g/mol. The van der Waals surface area contributed by atoms with Crippen LogP contribution in [-0.2, 0) is 0 Å². The smallest absolute Gasteiger partial charge is 0.258 e. The summed E-state index contributed by atoms with van der Waals surface area (Å²) in [5.74, 6) is 0.743. The van der Waals surface area contributed by atoms with Crippen LogP contribution in [0.4, 0.5) is 11.4 Å². The molecule has 0 bridgehead atoms. The van der Waals surface area contributed by atoms with E-state index in [1.165, 1.54) is 0 Å². The Hall–Kier alpha value is -3.77. The van der Waals surface area contributed by atoms with Crippen molar-refractivity contribution in [3.63, 3.8) is 0 Å². The number of amides is 1. The van der Waals surface area contributed by atoms with Crippen molar-refractivity contribution in [1.29, 1.82) is 0 Å². The number of hydrogen-bond acceptors (Lipinski definition) is 4. The number of carbonyl (C=O) groups excluding carboxylic acids is 1. The Labute approximate surface area is 225 Å². The topological polar surface area (TPSA) is 60.6 Å². The molecule has 4 aromatic rings. The number of carbonyl (C=O) groups is 1. The first kappa shape index (κ1) is 25.9. The molecule has 6 heteroatoms. The zero-order valence-electron chi connectivity index (χ0n) is 22.7. The van der Waals surface area contributed by atoms with E-state index in [1.807, 2.05) is 53.6 Å². The molecule has 1 aromatic heterocycles. The minimum absolute atomic E-state index is 0.00600. The molecule has 0 saturated carbocycles. The van der Waals surface area contributed by atoms with Crippen LogP contribution in [0.5, 0.6) is 5.75 Å². The van der Waals surface area contributed by atoms with E-state index in [4.69, 9.17) is 4.74 Å². The summed E-state index contributed by atoms with van der Waals surface area (Å²) < 4.78 is 6.39. The highest BCUT2D eigenvalue weighted by Gasteiger charge is 2.25. The maximum atomic E-state index is 13.9. The predicted octanol–water partition coefficient (Wildman–Crippen LogP) is 6.80. The van der Waals surface area contributed by atoms with Gasteiger partial charge in [0.15, 0.2) is 0 Å². The second kappa shape index (κ2) is 11.7. The van der Waals surface area contributed by atoms with Crippen LogP contribution in [0.2, 0.25) is 0 Å². The lowest BCUT2D eigenvalue weighted by molar-refractivity contribution is 0.0986. The van der Waals surface area contributed by atoms with Crippen molar-refractivity contribution in [1.82, 2.24) is 9.88 Å². The first-order chi connectivity index (χ1) is 18.5. The first-order valence-electron chi connectivity index (χ1n) is 13.7. The number of fused-ring (bicyclic) bond motifs is 2. The molecule has 1 amide bonds. The van der Waals surface area contributed by atoms with E-state index < -0.39 is 0 Å². The molecule has 38 heavy (non-hydrogen) atoms. The molecule has 1 atom stereocenters. The minimum atomic E-state index is -0.00600. The molecule has 5 rings (SSSR count). The number of H-pyrrole nitrogens is 1. The van der Waals surface area contributed by atoms with Crippen molar-refractivity contribution in [2.24, 2.45) is 0 Å². The van der Waals surface area contributed by atoms with E-state index in [1.54, 1.807) is 0 Å². The normalized spacial score (nSPS) is 15.3. The minimum Gasteiger partial charge on any atom is -0.493 e. The van der Waals surface area contributed by atoms with Gasteiger partial charge in [0.05, 0.1) is 18.0 Å². The lowest BCUT2D eigenvalue weighted by Gasteiger charge is -2.23. The molecule has 0 radical (unpaired) electrons. The molecule has 0 spiro atoms. The van der Waals surface area contributed by atoms with E-state index in [9.17, 15) is 4.79 Å². The Morgan fingerprint density at radius 3 is 2.82 bits per heavy atom. The maximum Gasteiger partial charge on any atom is 0.258 e. The predicted molar refractivity (Wildman–Crippen MR) is 157 cm³/mol. The number of benzene rings is 3. The van der Waals surface area contributed by atoms with Gasteiger partial charge in [0, 0.05) is 42.0 Å². The van der Waals surface area contributed by atoms with Gasteiger partial charge < -0.3 is 24.8 Å². The fourth-order valence-corrected chi connectivity index (χ4v) is 5.22. The number of nitrogens with zero attached hydrogens (tertiary/aromatic N) is 2.